The maximum absolute atomic E-state index is 12.3. The quantitative estimate of drug-likeness (QED) is 0.0537. The maximum atomic E-state index is 12.3. The average molecular weight is 477 g/mol. The van der Waals surface area contributed by atoms with Crippen LogP contribution in [0.4, 0.5) is 0 Å². The van der Waals surface area contributed by atoms with Crippen molar-refractivity contribution >= 4 is 5.97 Å². The van der Waals surface area contributed by atoms with Crippen LogP contribution in [0.3, 0.4) is 0 Å². The minimum atomic E-state index is -0.131. The van der Waals surface area contributed by atoms with Crippen molar-refractivity contribution in [1.29, 1.82) is 0 Å². The molecule has 0 heterocycles. The second-order valence-corrected chi connectivity index (χ2v) is 10.2. The molecule has 0 aliphatic rings. The highest BCUT2D eigenvalue weighted by molar-refractivity contribution is 5.82. The van der Waals surface area contributed by atoms with Crippen LogP contribution in [0.5, 0.6) is 0 Å². The summed E-state index contributed by atoms with van der Waals surface area (Å²) in [5, 5.41) is 0. The molecule has 0 saturated heterocycles. The lowest BCUT2D eigenvalue weighted by molar-refractivity contribution is -0.143. The lowest BCUT2D eigenvalue weighted by Crippen LogP contribution is -2.17. The van der Waals surface area contributed by atoms with Gasteiger partial charge >= 0.3 is 5.97 Å². The van der Waals surface area contributed by atoms with Gasteiger partial charge in [-0.15, -0.1) is 0 Å². The summed E-state index contributed by atoms with van der Waals surface area (Å²) in [5.41, 5.74) is 0. The molecule has 0 aromatic heterocycles. The largest absolute Gasteiger partial charge is 0.459 e. The molecule has 0 spiro atoms. The van der Waals surface area contributed by atoms with Crippen LogP contribution in [-0.2, 0) is 9.53 Å². The van der Waals surface area contributed by atoms with E-state index < -0.39 is 0 Å². The highest BCUT2D eigenvalue weighted by Crippen LogP contribution is 2.16. The van der Waals surface area contributed by atoms with Crippen molar-refractivity contribution in [3.05, 3.63) is 24.3 Å². The average Bonchev–Trinajstić information content (AvgIpc) is 2.84. The van der Waals surface area contributed by atoms with Crippen LogP contribution in [0.25, 0.3) is 0 Å². The lowest BCUT2D eigenvalue weighted by atomic mass is 10.0. The fourth-order valence-corrected chi connectivity index (χ4v) is 4.51. The zero-order chi connectivity index (χ0) is 25.0. The second kappa shape index (κ2) is 28.2. The summed E-state index contributed by atoms with van der Waals surface area (Å²) in [4.78, 5) is 12.3. The van der Waals surface area contributed by atoms with Gasteiger partial charge in [-0.25, -0.2) is 4.79 Å². The first kappa shape index (κ1) is 33.0. The number of hydrogen-bond donors (Lipinski definition) is 0. The molecule has 34 heavy (non-hydrogen) atoms. The van der Waals surface area contributed by atoms with Gasteiger partial charge in [0.05, 0.1) is 0 Å². The third-order valence-electron chi connectivity index (χ3n) is 6.77. The van der Waals surface area contributed by atoms with Crippen LogP contribution in [0.2, 0.25) is 0 Å². The van der Waals surface area contributed by atoms with Crippen LogP contribution in [0.1, 0.15) is 168 Å². The van der Waals surface area contributed by atoms with Gasteiger partial charge in [0, 0.05) is 6.08 Å². The molecule has 2 heteroatoms. The molecule has 1 atom stereocenters. The number of hydrogen-bond acceptors (Lipinski definition) is 2. The van der Waals surface area contributed by atoms with Crippen LogP contribution < -0.4 is 0 Å². The zero-order valence-electron chi connectivity index (χ0n) is 23.5. The standard InChI is InChI=1S/C32H60O2/c1-4-7-10-12-14-16-17-18-19-21-23-25-27-30-32(33)34-31(28-9-6-3)29-26-24-22-20-15-13-11-8-5-2/h5,8,27,30-31H,4,6-7,9-26,28-29H2,1-3H3. The first-order chi connectivity index (χ1) is 16.7. The van der Waals surface area contributed by atoms with E-state index in [1.807, 2.05) is 6.08 Å². The summed E-state index contributed by atoms with van der Waals surface area (Å²) in [6.07, 6.45) is 37.5. The monoisotopic (exact) mass is 476 g/mol. The molecule has 0 bridgehead atoms. The minimum Gasteiger partial charge on any atom is -0.459 e. The maximum Gasteiger partial charge on any atom is 0.330 e. The molecule has 0 aromatic rings. The first-order valence-electron chi connectivity index (χ1n) is 15.2. The third-order valence-corrected chi connectivity index (χ3v) is 6.77. The summed E-state index contributed by atoms with van der Waals surface area (Å²) in [6.45, 7) is 6.58. The Hall–Kier alpha value is -1.05. The van der Waals surface area contributed by atoms with Gasteiger partial charge in [0.15, 0.2) is 0 Å². The zero-order valence-corrected chi connectivity index (χ0v) is 23.5. The highest BCUT2D eigenvalue weighted by Gasteiger charge is 2.12. The van der Waals surface area contributed by atoms with Gasteiger partial charge in [0.1, 0.15) is 6.10 Å². The predicted molar refractivity (Wildman–Crippen MR) is 151 cm³/mol. The van der Waals surface area contributed by atoms with Gasteiger partial charge in [0.2, 0.25) is 0 Å². The van der Waals surface area contributed by atoms with Crippen LogP contribution in [-0.4, -0.2) is 12.1 Å². The summed E-state index contributed by atoms with van der Waals surface area (Å²) >= 11 is 0. The summed E-state index contributed by atoms with van der Waals surface area (Å²) in [6, 6.07) is 0. The van der Waals surface area contributed by atoms with Gasteiger partial charge < -0.3 is 4.74 Å². The normalized spacial score (nSPS) is 12.7. The predicted octanol–water partition coefficient (Wildman–Crippen LogP) is 11.0. The van der Waals surface area contributed by atoms with Crippen molar-refractivity contribution < 1.29 is 9.53 Å². The second-order valence-electron chi connectivity index (χ2n) is 10.2. The number of carbonyl (C=O) groups excluding carboxylic acids is 1. The van der Waals surface area contributed by atoms with Gasteiger partial charge in [-0.3, -0.25) is 0 Å². The minimum absolute atomic E-state index is 0.105. The number of allylic oxidation sites excluding steroid dienone is 3. The van der Waals surface area contributed by atoms with E-state index in [0.29, 0.717) is 0 Å². The van der Waals surface area contributed by atoms with E-state index in [4.69, 9.17) is 4.74 Å². The third kappa shape index (κ3) is 25.6. The molecule has 0 radical (unpaired) electrons. The van der Waals surface area contributed by atoms with E-state index in [-0.39, 0.29) is 12.1 Å². The van der Waals surface area contributed by atoms with Crippen molar-refractivity contribution in [3.8, 4) is 0 Å². The fourth-order valence-electron chi connectivity index (χ4n) is 4.51. The van der Waals surface area contributed by atoms with Crippen molar-refractivity contribution in [2.75, 3.05) is 0 Å². The van der Waals surface area contributed by atoms with Gasteiger partial charge in [-0.2, -0.15) is 0 Å². The Morgan fingerprint density at radius 2 is 1.03 bits per heavy atom. The van der Waals surface area contributed by atoms with Crippen LogP contribution in [0.15, 0.2) is 24.3 Å². The van der Waals surface area contributed by atoms with E-state index in [1.165, 1.54) is 116 Å². The van der Waals surface area contributed by atoms with Crippen molar-refractivity contribution in [3.63, 3.8) is 0 Å². The number of ether oxygens (including phenoxy) is 1. The fraction of sp³-hybridized carbons (Fsp3) is 0.844. The molecule has 0 N–H and O–H groups in total. The molecular weight excluding hydrogens is 416 g/mol. The highest BCUT2D eigenvalue weighted by atomic mass is 16.5. The Labute approximate surface area is 214 Å². The van der Waals surface area contributed by atoms with Gasteiger partial charge in [-0.05, 0) is 51.9 Å². The van der Waals surface area contributed by atoms with E-state index in [9.17, 15) is 4.79 Å². The Kier molecular flexibility index (Phi) is 27.3. The van der Waals surface area contributed by atoms with Crippen LogP contribution in [0, 0.1) is 0 Å². The van der Waals surface area contributed by atoms with E-state index in [1.54, 1.807) is 6.08 Å². The molecule has 1 unspecified atom stereocenters. The van der Waals surface area contributed by atoms with E-state index in [0.717, 1.165) is 32.1 Å². The number of unbranched alkanes of at least 4 members (excludes halogenated alkanes) is 18. The van der Waals surface area contributed by atoms with Crippen molar-refractivity contribution in [2.24, 2.45) is 0 Å². The van der Waals surface area contributed by atoms with Crippen LogP contribution >= 0.6 is 0 Å². The SMILES string of the molecule is CC=CCCCCCCCCC(CCCC)OC(=O)C=CCCCCCCCCCCCCC. The molecular formula is C32H60O2. The Morgan fingerprint density at radius 1 is 0.588 bits per heavy atom. The molecule has 0 aromatic carbocycles. The Balaban J connectivity index is 3.76. The molecule has 0 rings (SSSR count). The summed E-state index contributed by atoms with van der Waals surface area (Å²) in [5.74, 6) is -0.131. The molecule has 0 aliphatic carbocycles. The van der Waals surface area contributed by atoms with Crippen molar-refractivity contribution in [1.82, 2.24) is 0 Å². The molecule has 0 aliphatic heterocycles. The molecule has 0 amide bonds. The molecule has 2 nitrogen and oxygen atoms in total. The lowest BCUT2D eigenvalue weighted by Gasteiger charge is -2.16. The van der Waals surface area contributed by atoms with Gasteiger partial charge in [-0.1, -0.05) is 135 Å². The Bertz CT molecular complexity index is 466. The Morgan fingerprint density at radius 3 is 1.56 bits per heavy atom. The molecule has 0 saturated carbocycles. The number of carbonyl (C=O) groups is 1. The van der Waals surface area contributed by atoms with Gasteiger partial charge in [0.25, 0.3) is 0 Å². The first-order valence-corrected chi connectivity index (χ1v) is 15.2. The molecule has 200 valence electrons. The molecule has 0 fully saturated rings. The smallest absolute Gasteiger partial charge is 0.330 e. The summed E-state index contributed by atoms with van der Waals surface area (Å²) < 4.78 is 5.80. The van der Waals surface area contributed by atoms with Crippen molar-refractivity contribution in [2.45, 2.75) is 175 Å². The van der Waals surface area contributed by atoms with E-state index >= 15 is 0 Å². The number of rotatable bonds is 26. The number of esters is 1. The topological polar surface area (TPSA) is 26.3 Å². The van der Waals surface area contributed by atoms with E-state index in [2.05, 4.69) is 32.9 Å². The summed E-state index contributed by atoms with van der Waals surface area (Å²) in [7, 11) is 0.